The van der Waals surface area contributed by atoms with Crippen LogP contribution >= 0.6 is 0 Å². The minimum absolute atomic E-state index is 0.0764. The first-order chi connectivity index (χ1) is 13.7. The largest absolute Gasteiger partial charge is 0.497 e. The summed E-state index contributed by atoms with van der Waals surface area (Å²) in [5.41, 5.74) is 2.75. The average Bonchev–Trinajstić information content (AvgIpc) is 3.09. The summed E-state index contributed by atoms with van der Waals surface area (Å²) < 4.78 is 12.9. The maximum atomic E-state index is 12.2. The molecule has 0 bridgehead atoms. The van der Waals surface area contributed by atoms with E-state index in [1.807, 2.05) is 25.1 Å². The van der Waals surface area contributed by atoms with E-state index in [1.165, 1.54) is 0 Å². The molecule has 1 N–H and O–H groups in total. The monoisotopic (exact) mass is 381 g/mol. The van der Waals surface area contributed by atoms with Crippen molar-refractivity contribution in [3.05, 3.63) is 59.9 Å². The molecule has 1 heterocycles. The molecular formula is C22H27N3O3. The molecule has 0 saturated heterocycles. The smallest absolute Gasteiger partial charge is 0.251 e. The molecular weight excluding hydrogens is 354 g/mol. The Kier molecular flexibility index (Phi) is 7.03. The molecule has 6 nitrogen and oxygen atoms in total. The van der Waals surface area contributed by atoms with Crippen LogP contribution in [0.5, 0.6) is 5.75 Å². The molecule has 0 radical (unpaired) electrons. The third-order valence-electron chi connectivity index (χ3n) is 4.61. The van der Waals surface area contributed by atoms with E-state index in [4.69, 9.17) is 14.5 Å². The molecule has 0 atom stereocenters. The second-order valence-electron chi connectivity index (χ2n) is 6.45. The predicted octanol–water partition coefficient (Wildman–Crippen LogP) is 3.44. The van der Waals surface area contributed by atoms with Gasteiger partial charge in [0.1, 0.15) is 11.6 Å². The van der Waals surface area contributed by atoms with Crippen LogP contribution in [0.25, 0.3) is 11.0 Å². The molecule has 1 aromatic heterocycles. The quantitative estimate of drug-likeness (QED) is 0.547. The van der Waals surface area contributed by atoms with E-state index in [2.05, 4.69) is 16.0 Å². The number of benzene rings is 2. The Balaban J connectivity index is 1.57. The first kappa shape index (κ1) is 19.9. The predicted molar refractivity (Wildman–Crippen MR) is 110 cm³/mol. The number of hydrogen-bond donors (Lipinski definition) is 1. The molecule has 0 aliphatic heterocycles. The summed E-state index contributed by atoms with van der Waals surface area (Å²) in [5, 5.41) is 2.97. The van der Waals surface area contributed by atoms with Crippen molar-refractivity contribution in [3.63, 3.8) is 0 Å². The Morgan fingerprint density at radius 1 is 1.14 bits per heavy atom. The Bertz CT molecular complexity index is 903. The first-order valence-electron chi connectivity index (χ1n) is 9.67. The normalized spacial score (nSPS) is 10.9. The highest BCUT2D eigenvalue weighted by Gasteiger charge is 2.11. The van der Waals surface area contributed by atoms with E-state index in [1.54, 1.807) is 31.4 Å². The molecule has 3 rings (SSSR count). The maximum Gasteiger partial charge on any atom is 0.251 e. The molecule has 0 aliphatic carbocycles. The number of nitrogens with one attached hydrogen (secondary N) is 1. The Morgan fingerprint density at radius 3 is 2.68 bits per heavy atom. The van der Waals surface area contributed by atoms with E-state index in [9.17, 15) is 4.79 Å². The van der Waals surface area contributed by atoms with Gasteiger partial charge in [0.15, 0.2) is 0 Å². The van der Waals surface area contributed by atoms with Crippen molar-refractivity contribution in [3.8, 4) is 5.75 Å². The number of aromatic nitrogens is 2. The van der Waals surface area contributed by atoms with Gasteiger partial charge >= 0.3 is 0 Å². The van der Waals surface area contributed by atoms with Crippen LogP contribution in [0.1, 0.15) is 29.5 Å². The van der Waals surface area contributed by atoms with Crippen molar-refractivity contribution in [2.75, 3.05) is 26.9 Å². The first-order valence-corrected chi connectivity index (χ1v) is 9.67. The molecule has 28 heavy (non-hydrogen) atoms. The summed E-state index contributed by atoms with van der Waals surface area (Å²) in [6, 6.07) is 15.2. The van der Waals surface area contributed by atoms with Gasteiger partial charge in [-0.15, -0.1) is 0 Å². The lowest BCUT2D eigenvalue weighted by Gasteiger charge is -2.10. The average molecular weight is 381 g/mol. The van der Waals surface area contributed by atoms with Crippen molar-refractivity contribution in [2.45, 2.75) is 26.3 Å². The number of ether oxygens (including phenoxy) is 2. The van der Waals surface area contributed by atoms with Gasteiger partial charge in [0.25, 0.3) is 5.91 Å². The summed E-state index contributed by atoms with van der Waals surface area (Å²) in [6.07, 6.45) is 1.61. The second-order valence-corrected chi connectivity index (χ2v) is 6.45. The standard InChI is InChI=1S/C22H27N3O3/c1-3-28-16-15-25-20-8-5-4-7-19(20)24-21(25)9-6-14-23-22(26)17-10-12-18(27-2)13-11-17/h4-5,7-8,10-13H,3,6,9,14-16H2,1-2H3,(H,23,26). The number of para-hydroxylation sites is 2. The SMILES string of the molecule is CCOCCn1c(CCCNC(=O)c2ccc(OC)cc2)nc2ccccc21. The fraction of sp³-hybridized carbons (Fsp3) is 0.364. The topological polar surface area (TPSA) is 65.4 Å². The summed E-state index contributed by atoms with van der Waals surface area (Å²) in [6.45, 7) is 4.75. The van der Waals surface area contributed by atoms with E-state index < -0.39 is 0 Å². The zero-order valence-electron chi connectivity index (χ0n) is 16.5. The molecule has 0 spiro atoms. The second kappa shape index (κ2) is 9.90. The Labute approximate surface area is 165 Å². The highest BCUT2D eigenvalue weighted by Crippen LogP contribution is 2.17. The van der Waals surface area contributed by atoms with Gasteiger partial charge in [0.2, 0.25) is 0 Å². The van der Waals surface area contributed by atoms with Crippen LogP contribution in [-0.4, -0.2) is 42.3 Å². The zero-order valence-corrected chi connectivity index (χ0v) is 16.5. The van der Waals surface area contributed by atoms with Crippen molar-refractivity contribution in [1.82, 2.24) is 14.9 Å². The third-order valence-corrected chi connectivity index (χ3v) is 4.61. The molecule has 3 aromatic rings. The molecule has 2 aromatic carbocycles. The number of hydrogen-bond acceptors (Lipinski definition) is 4. The summed E-state index contributed by atoms with van der Waals surface area (Å²) >= 11 is 0. The molecule has 0 aliphatic rings. The number of fused-ring (bicyclic) bond motifs is 1. The number of carbonyl (C=O) groups is 1. The van der Waals surface area contributed by atoms with E-state index in [-0.39, 0.29) is 5.91 Å². The van der Waals surface area contributed by atoms with E-state index in [0.29, 0.717) is 25.3 Å². The highest BCUT2D eigenvalue weighted by molar-refractivity contribution is 5.94. The zero-order chi connectivity index (χ0) is 19.8. The van der Waals surface area contributed by atoms with Crippen molar-refractivity contribution in [1.29, 1.82) is 0 Å². The van der Waals surface area contributed by atoms with Gasteiger partial charge in [0, 0.05) is 31.7 Å². The van der Waals surface area contributed by atoms with Crippen molar-refractivity contribution in [2.24, 2.45) is 0 Å². The molecule has 0 unspecified atom stereocenters. The van der Waals surface area contributed by atoms with Gasteiger partial charge in [-0.1, -0.05) is 12.1 Å². The number of carbonyl (C=O) groups excluding carboxylic acids is 1. The molecule has 148 valence electrons. The molecule has 0 fully saturated rings. The van der Waals surface area contributed by atoms with Crippen LogP contribution in [0.15, 0.2) is 48.5 Å². The number of nitrogens with zero attached hydrogens (tertiary/aromatic N) is 2. The van der Waals surface area contributed by atoms with Crippen LogP contribution in [-0.2, 0) is 17.7 Å². The molecule has 1 amide bonds. The third kappa shape index (κ3) is 4.89. The highest BCUT2D eigenvalue weighted by atomic mass is 16.5. The maximum absolute atomic E-state index is 12.2. The fourth-order valence-corrected chi connectivity index (χ4v) is 3.16. The van der Waals surface area contributed by atoms with Gasteiger partial charge < -0.3 is 19.4 Å². The lowest BCUT2D eigenvalue weighted by molar-refractivity contribution is 0.0953. The van der Waals surface area contributed by atoms with Gasteiger partial charge in [-0.3, -0.25) is 4.79 Å². The minimum Gasteiger partial charge on any atom is -0.497 e. The van der Waals surface area contributed by atoms with Crippen LogP contribution in [0.2, 0.25) is 0 Å². The van der Waals surface area contributed by atoms with Gasteiger partial charge in [-0.2, -0.15) is 0 Å². The number of aryl methyl sites for hydroxylation is 1. The summed E-state index contributed by atoms with van der Waals surface area (Å²) in [7, 11) is 1.61. The molecule has 6 heteroatoms. The van der Waals surface area contributed by atoms with Gasteiger partial charge in [0.05, 0.1) is 24.8 Å². The van der Waals surface area contributed by atoms with E-state index >= 15 is 0 Å². The lowest BCUT2D eigenvalue weighted by Crippen LogP contribution is -2.25. The van der Waals surface area contributed by atoms with Crippen LogP contribution in [0.4, 0.5) is 0 Å². The fourth-order valence-electron chi connectivity index (χ4n) is 3.16. The van der Waals surface area contributed by atoms with Crippen LogP contribution < -0.4 is 10.1 Å². The van der Waals surface area contributed by atoms with Crippen molar-refractivity contribution >= 4 is 16.9 Å². The molecule has 0 saturated carbocycles. The number of amides is 1. The number of rotatable bonds is 10. The minimum atomic E-state index is -0.0764. The Morgan fingerprint density at radius 2 is 1.93 bits per heavy atom. The number of methoxy groups -OCH3 is 1. The number of imidazole rings is 1. The summed E-state index contributed by atoms with van der Waals surface area (Å²) in [4.78, 5) is 17.0. The summed E-state index contributed by atoms with van der Waals surface area (Å²) in [5.74, 6) is 1.69. The lowest BCUT2D eigenvalue weighted by atomic mass is 10.2. The Hall–Kier alpha value is -2.86. The van der Waals surface area contributed by atoms with E-state index in [0.717, 1.165) is 42.0 Å². The van der Waals surface area contributed by atoms with Gasteiger partial charge in [-0.05, 0) is 49.7 Å². The van der Waals surface area contributed by atoms with Gasteiger partial charge in [-0.25, -0.2) is 4.98 Å². The van der Waals surface area contributed by atoms with Crippen LogP contribution in [0, 0.1) is 0 Å². The van der Waals surface area contributed by atoms with Crippen LogP contribution in [0.3, 0.4) is 0 Å². The van der Waals surface area contributed by atoms with Crippen molar-refractivity contribution < 1.29 is 14.3 Å².